The van der Waals surface area contributed by atoms with Gasteiger partial charge in [-0.05, 0) is 26.3 Å². The van der Waals surface area contributed by atoms with Crippen molar-refractivity contribution < 1.29 is 9.53 Å². The first-order valence-electron chi connectivity index (χ1n) is 4.44. The van der Waals surface area contributed by atoms with E-state index in [0.717, 1.165) is 19.4 Å². The quantitative estimate of drug-likeness (QED) is 0.637. The molecule has 0 bridgehead atoms. The zero-order valence-corrected chi connectivity index (χ0v) is 8.44. The highest BCUT2D eigenvalue weighted by Gasteiger charge is 2.30. The van der Waals surface area contributed by atoms with Crippen LogP contribution in [0.15, 0.2) is 0 Å². The van der Waals surface area contributed by atoms with Crippen LogP contribution in [-0.2, 0) is 9.53 Å². The Kier molecular flexibility index (Phi) is 4.90. The van der Waals surface area contributed by atoms with Crippen molar-refractivity contribution in [2.24, 2.45) is 0 Å². The lowest BCUT2D eigenvalue weighted by atomic mass is 9.99. The summed E-state index contributed by atoms with van der Waals surface area (Å²) in [6.45, 7) is 6.76. The van der Waals surface area contributed by atoms with Crippen LogP contribution in [0.3, 0.4) is 0 Å². The Bertz CT molecular complexity index is 147. The molecule has 0 rings (SSSR count). The van der Waals surface area contributed by atoms with Gasteiger partial charge in [0.1, 0.15) is 5.54 Å². The molecular weight excluding hydrogens is 154 g/mol. The van der Waals surface area contributed by atoms with Crippen LogP contribution in [-0.4, -0.2) is 25.2 Å². The molecule has 1 unspecified atom stereocenters. The number of nitrogens with one attached hydrogen (secondary N) is 1. The van der Waals surface area contributed by atoms with Gasteiger partial charge >= 0.3 is 5.97 Å². The molecule has 0 aromatic carbocycles. The molecule has 1 atom stereocenters. The van der Waals surface area contributed by atoms with Gasteiger partial charge in [0.25, 0.3) is 0 Å². The van der Waals surface area contributed by atoms with E-state index in [9.17, 15) is 4.79 Å². The van der Waals surface area contributed by atoms with Crippen molar-refractivity contribution in [3.05, 3.63) is 0 Å². The molecule has 0 spiro atoms. The first-order chi connectivity index (χ1) is 5.60. The predicted molar refractivity (Wildman–Crippen MR) is 49.0 cm³/mol. The van der Waals surface area contributed by atoms with Crippen molar-refractivity contribution in [2.75, 3.05) is 13.7 Å². The van der Waals surface area contributed by atoms with E-state index < -0.39 is 5.54 Å². The summed E-state index contributed by atoms with van der Waals surface area (Å²) < 4.78 is 4.70. The molecule has 0 aromatic rings. The van der Waals surface area contributed by atoms with Crippen LogP contribution in [0.2, 0.25) is 0 Å². The first-order valence-corrected chi connectivity index (χ1v) is 4.44. The Morgan fingerprint density at radius 2 is 2.08 bits per heavy atom. The van der Waals surface area contributed by atoms with Gasteiger partial charge < -0.3 is 10.1 Å². The summed E-state index contributed by atoms with van der Waals surface area (Å²) in [5, 5.41) is 3.17. The number of rotatable bonds is 5. The van der Waals surface area contributed by atoms with Crippen LogP contribution in [0.1, 0.15) is 33.6 Å². The molecular formula is C9H19NO2. The molecule has 72 valence electrons. The average Bonchev–Trinajstić information content (AvgIpc) is 2.12. The number of esters is 1. The lowest BCUT2D eigenvalue weighted by Gasteiger charge is -2.26. The molecule has 0 aliphatic carbocycles. The van der Waals surface area contributed by atoms with Crippen molar-refractivity contribution in [2.45, 2.75) is 39.2 Å². The van der Waals surface area contributed by atoms with Crippen LogP contribution >= 0.6 is 0 Å². The second-order valence-corrected chi connectivity index (χ2v) is 3.10. The van der Waals surface area contributed by atoms with Crippen molar-refractivity contribution in [1.82, 2.24) is 5.32 Å². The van der Waals surface area contributed by atoms with Crippen LogP contribution in [0.25, 0.3) is 0 Å². The lowest BCUT2D eigenvalue weighted by Crippen LogP contribution is -2.49. The van der Waals surface area contributed by atoms with Crippen LogP contribution in [0, 0.1) is 0 Å². The summed E-state index contributed by atoms with van der Waals surface area (Å²) in [7, 11) is 1.42. The van der Waals surface area contributed by atoms with Crippen molar-refractivity contribution >= 4 is 5.97 Å². The zero-order chi connectivity index (χ0) is 9.61. The number of hydrogen-bond donors (Lipinski definition) is 1. The predicted octanol–water partition coefficient (Wildman–Crippen LogP) is 1.33. The van der Waals surface area contributed by atoms with E-state index in [1.54, 1.807) is 0 Å². The van der Waals surface area contributed by atoms with Gasteiger partial charge in [-0.25, -0.2) is 0 Å². The molecule has 1 N–H and O–H groups in total. The van der Waals surface area contributed by atoms with E-state index in [1.165, 1.54) is 7.11 Å². The maximum atomic E-state index is 11.3. The van der Waals surface area contributed by atoms with Crippen molar-refractivity contribution in [3.8, 4) is 0 Å². The Hall–Kier alpha value is -0.570. The molecule has 3 nitrogen and oxygen atoms in total. The van der Waals surface area contributed by atoms with E-state index in [1.807, 2.05) is 13.8 Å². The third-order valence-corrected chi connectivity index (χ3v) is 2.11. The highest BCUT2D eigenvalue weighted by molar-refractivity contribution is 5.80. The van der Waals surface area contributed by atoms with E-state index in [-0.39, 0.29) is 5.97 Å². The van der Waals surface area contributed by atoms with Crippen molar-refractivity contribution in [3.63, 3.8) is 0 Å². The Balaban J connectivity index is 4.13. The van der Waals surface area contributed by atoms with Crippen LogP contribution in [0.5, 0.6) is 0 Å². The van der Waals surface area contributed by atoms with Gasteiger partial charge in [0.15, 0.2) is 0 Å². The molecule has 12 heavy (non-hydrogen) atoms. The molecule has 0 radical (unpaired) electrons. The Labute approximate surface area is 74.5 Å². The molecule has 0 aliphatic heterocycles. The number of methoxy groups -OCH3 is 1. The number of hydrogen-bond acceptors (Lipinski definition) is 3. The highest BCUT2D eigenvalue weighted by Crippen LogP contribution is 2.10. The maximum absolute atomic E-state index is 11.3. The molecule has 0 saturated heterocycles. The minimum absolute atomic E-state index is 0.182. The number of carbonyl (C=O) groups excluding carboxylic acids is 1. The minimum Gasteiger partial charge on any atom is -0.468 e. The summed E-state index contributed by atoms with van der Waals surface area (Å²) in [6, 6.07) is 0. The first kappa shape index (κ1) is 11.4. The van der Waals surface area contributed by atoms with Crippen LogP contribution in [0.4, 0.5) is 0 Å². The normalized spacial score (nSPS) is 15.3. The second kappa shape index (κ2) is 5.14. The van der Waals surface area contributed by atoms with E-state index in [2.05, 4.69) is 12.2 Å². The van der Waals surface area contributed by atoms with Gasteiger partial charge in [-0.15, -0.1) is 0 Å². The lowest BCUT2D eigenvalue weighted by molar-refractivity contribution is -0.148. The Morgan fingerprint density at radius 1 is 1.50 bits per heavy atom. The summed E-state index contributed by atoms with van der Waals surface area (Å²) in [5.74, 6) is -0.182. The molecule has 0 amide bonds. The zero-order valence-electron chi connectivity index (χ0n) is 8.44. The third-order valence-electron chi connectivity index (χ3n) is 2.11. The van der Waals surface area contributed by atoms with Gasteiger partial charge in [-0.1, -0.05) is 13.8 Å². The molecule has 3 heteroatoms. The van der Waals surface area contributed by atoms with E-state index >= 15 is 0 Å². The average molecular weight is 173 g/mol. The topological polar surface area (TPSA) is 38.3 Å². The maximum Gasteiger partial charge on any atom is 0.325 e. The SMILES string of the molecule is CCCNC(C)(CC)C(=O)OC. The third kappa shape index (κ3) is 2.81. The molecule has 0 saturated carbocycles. The van der Waals surface area contributed by atoms with Gasteiger partial charge in [-0.3, -0.25) is 4.79 Å². The van der Waals surface area contributed by atoms with E-state index in [4.69, 9.17) is 4.74 Å². The minimum atomic E-state index is -0.509. The summed E-state index contributed by atoms with van der Waals surface area (Å²) in [5.41, 5.74) is -0.509. The van der Waals surface area contributed by atoms with Gasteiger partial charge in [-0.2, -0.15) is 0 Å². The fraction of sp³-hybridized carbons (Fsp3) is 0.889. The largest absolute Gasteiger partial charge is 0.468 e. The standard InChI is InChI=1S/C9H19NO2/c1-5-7-10-9(3,6-2)8(11)12-4/h10H,5-7H2,1-4H3. The van der Waals surface area contributed by atoms with Crippen LogP contribution < -0.4 is 5.32 Å². The number of carbonyl (C=O) groups is 1. The van der Waals surface area contributed by atoms with Crippen molar-refractivity contribution in [1.29, 1.82) is 0 Å². The van der Waals surface area contributed by atoms with Gasteiger partial charge in [0, 0.05) is 0 Å². The molecule has 0 fully saturated rings. The fourth-order valence-corrected chi connectivity index (χ4v) is 0.968. The van der Waals surface area contributed by atoms with E-state index in [0.29, 0.717) is 0 Å². The van der Waals surface area contributed by atoms with Gasteiger partial charge in [0.2, 0.25) is 0 Å². The number of ether oxygens (including phenoxy) is 1. The fourth-order valence-electron chi connectivity index (χ4n) is 0.968. The van der Waals surface area contributed by atoms with Gasteiger partial charge in [0.05, 0.1) is 7.11 Å². The molecule has 0 heterocycles. The smallest absolute Gasteiger partial charge is 0.325 e. The summed E-state index contributed by atoms with van der Waals surface area (Å²) >= 11 is 0. The highest BCUT2D eigenvalue weighted by atomic mass is 16.5. The Morgan fingerprint density at radius 3 is 2.42 bits per heavy atom. The molecule has 0 aliphatic rings. The monoisotopic (exact) mass is 173 g/mol. The summed E-state index contributed by atoms with van der Waals surface area (Å²) in [4.78, 5) is 11.3. The molecule has 0 aromatic heterocycles. The summed E-state index contributed by atoms with van der Waals surface area (Å²) in [6.07, 6.45) is 1.77. The second-order valence-electron chi connectivity index (χ2n) is 3.10.